The number of benzene rings is 2. The van der Waals surface area contributed by atoms with Crippen LogP contribution in [0.15, 0.2) is 67.3 Å². The topological polar surface area (TPSA) is 104 Å². The lowest BCUT2D eigenvalue weighted by Crippen LogP contribution is -2.53. The highest BCUT2D eigenvalue weighted by Gasteiger charge is 2.43. The number of hydrogen-bond acceptors (Lipinski definition) is 4. The van der Waals surface area contributed by atoms with Crippen LogP contribution < -0.4 is 5.32 Å². The van der Waals surface area contributed by atoms with Crippen LogP contribution in [-0.2, 0) is 16.0 Å². The van der Waals surface area contributed by atoms with Gasteiger partial charge in [-0.3, -0.25) is 24.1 Å². The number of nitrogens with one attached hydrogen (secondary N) is 1. The molecule has 7 heteroatoms. The van der Waals surface area contributed by atoms with E-state index in [0.717, 1.165) is 10.5 Å². The highest BCUT2D eigenvalue weighted by Crippen LogP contribution is 2.26. The molecule has 30 heavy (non-hydrogen) atoms. The normalized spacial score (nSPS) is 14.7. The lowest BCUT2D eigenvalue weighted by molar-refractivity contribution is -0.137. The van der Waals surface area contributed by atoms with Crippen molar-refractivity contribution in [1.82, 2.24) is 10.2 Å². The maximum absolute atomic E-state index is 13.2. The number of carboxylic acid groups (broad SMARTS) is 1. The molecule has 1 unspecified atom stereocenters. The molecule has 0 radical (unpaired) electrons. The van der Waals surface area contributed by atoms with Crippen molar-refractivity contribution in [3.8, 4) is 0 Å². The van der Waals surface area contributed by atoms with E-state index in [9.17, 15) is 19.2 Å². The third-order valence-corrected chi connectivity index (χ3v) is 4.93. The number of amides is 3. The lowest BCUT2D eigenvalue weighted by Gasteiger charge is -2.27. The first-order valence-electron chi connectivity index (χ1n) is 9.56. The van der Waals surface area contributed by atoms with Crippen molar-refractivity contribution in [1.29, 1.82) is 0 Å². The largest absolute Gasteiger partial charge is 0.481 e. The Morgan fingerprint density at radius 3 is 2.10 bits per heavy atom. The standard InChI is InChI=1S/C23H22N2O5/c1-2-8-16(14-20(26)27)24-21(28)19(13-15-9-4-3-5-10-15)25-22(29)17-11-6-7-12-18(17)23(25)30/h2-7,9-12,16,19H,1,8,13-14H2,(H,24,28)(H,26,27)/t16?,19-/m0/s1. The Labute approximate surface area is 174 Å². The highest BCUT2D eigenvalue weighted by molar-refractivity contribution is 6.22. The third kappa shape index (κ3) is 4.46. The molecule has 0 saturated carbocycles. The van der Waals surface area contributed by atoms with Gasteiger partial charge >= 0.3 is 5.97 Å². The van der Waals surface area contributed by atoms with Gasteiger partial charge in [0.1, 0.15) is 6.04 Å². The first-order valence-corrected chi connectivity index (χ1v) is 9.56. The van der Waals surface area contributed by atoms with Crippen LogP contribution in [0, 0.1) is 0 Å². The van der Waals surface area contributed by atoms with Crippen molar-refractivity contribution < 1.29 is 24.3 Å². The Morgan fingerprint density at radius 2 is 1.57 bits per heavy atom. The quantitative estimate of drug-likeness (QED) is 0.492. The maximum atomic E-state index is 13.2. The first-order chi connectivity index (χ1) is 14.4. The average molecular weight is 406 g/mol. The Hall–Kier alpha value is -3.74. The molecule has 0 aliphatic carbocycles. The molecule has 7 nitrogen and oxygen atoms in total. The molecule has 2 aromatic rings. The van der Waals surface area contributed by atoms with E-state index in [1.54, 1.807) is 48.5 Å². The number of carboxylic acids is 1. The summed E-state index contributed by atoms with van der Waals surface area (Å²) in [6.07, 6.45) is 1.59. The van der Waals surface area contributed by atoms with Crippen molar-refractivity contribution in [2.45, 2.75) is 31.3 Å². The van der Waals surface area contributed by atoms with E-state index in [4.69, 9.17) is 5.11 Å². The minimum atomic E-state index is -1.11. The fraction of sp³-hybridized carbons (Fsp3) is 0.217. The zero-order chi connectivity index (χ0) is 21.7. The highest BCUT2D eigenvalue weighted by atomic mass is 16.4. The van der Waals surface area contributed by atoms with E-state index in [2.05, 4.69) is 11.9 Å². The number of aliphatic carboxylic acids is 1. The van der Waals surface area contributed by atoms with Crippen LogP contribution in [0.2, 0.25) is 0 Å². The summed E-state index contributed by atoms with van der Waals surface area (Å²) in [5, 5.41) is 11.8. The number of carbonyl (C=O) groups excluding carboxylic acids is 3. The van der Waals surface area contributed by atoms with Crippen molar-refractivity contribution in [2.75, 3.05) is 0 Å². The second-order valence-corrected chi connectivity index (χ2v) is 7.06. The number of carbonyl (C=O) groups is 4. The summed E-state index contributed by atoms with van der Waals surface area (Å²) in [4.78, 5) is 51.2. The molecule has 0 spiro atoms. The van der Waals surface area contributed by atoms with Crippen molar-refractivity contribution >= 4 is 23.7 Å². The molecule has 2 atom stereocenters. The smallest absolute Gasteiger partial charge is 0.305 e. The molecule has 1 aliphatic heterocycles. The number of fused-ring (bicyclic) bond motifs is 1. The van der Waals surface area contributed by atoms with Gasteiger partial charge in [-0.05, 0) is 24.1 Å². The minimum absolute atomic E-state index is 0.117. The summed E-state index contributed by atoms with van der Waals surface area (Å²) in [5.41, 5.74) is 1.27. The molecule has 1 aliphatic rings. The fourth-order valence-electron chi connectivity index (χ4n) is 3.53. The van der Waals surface area contributed by atoms with E-state index in [-0.39, 0.29) is 30.4 Å². The summed E-state index contributed by atoms with van der Waals surface area (Å²) in [6, 6.07) is 13.7. The number of rotatable bonds is 9. The monoisotopic (exact) mass is 406 g/mol. The van der Waals surface area contributed by atoms with E-state index in [0.29, 0.717) is 0 Å². The van der Waals surface area contributed by atoms with Gasteiger partial charge in [0, 0.05) is 12.5 Å². The first kappa shape index (κ1) is 21.0. The average Bonchev–Trinajstić information content (AvgIpc) is 2.97. The SMILES string of the molecule is C=CCC(CC(=O)O)NC(=O)[C@H](Cc1ccccc1)N1C(=O)c2ccccc2C1=O. The Balaban J connectivity index is 1.92. The summed E-state index contributed by atoms with van der Waals surface area (Å²) in [5.74, 6) is -2.72. The summed E-state index contributed by atoms with van der Waals surface area (Å²) in [6.45, 7) is 3.59. The van der Waals surface area contributed by atoms with Gasteiger partial charge in [-0.1, -0.05) is 48.5 Å². The van der Waals surface area contributed by atoms with E-state index < -0.39 is 35.8 Å². The van der Waals surface area contributed by atoms with Gasteiger partial charge in [-0.2, -0.15) is 0 Å². The van der Waals surface area contributed by atoms with Crippen LogP contribution >= 0.6 is 0 Å². The van der Waals surface area contributed by atoms with Crippen LogP contribution in [0.4, 0.5) is 0 Å². The predicted octanol–water partition coefficient (Wildman–Crippen LogP) is 2.43. The van der Waals surface area contributed by atoms with Gasteiger partial charge in [-0.25, -0.2) is 0 Å². The van der Waals surface area contributed by atoms with E-state index in [1.165, 1.54) is 6.08 Å². The second-order valence-electron chi connectivity index (χ2n) is 7.06. The number of imide groups is 1. The molecule has 0 aromatic heterocycles. The van der Waals surface area contributed by atoms with Gasteiger partial charge < -0.3 is 10.4 Å². The molecule has 2 aromatic carbocycles. The Bertz CT molecular complexity index is 951. The van der Waals surface area contributed by atoms with Crippen LogP contribution in [-0.4, -0.2) is 45.8 Å². The predicted molar refractivity (Wildman–Crippen MR) is 110 cm³/mol. The fourth-order valence-corrected chi connectivity index (χ4v) is 3.53. The molecule has 3 rings (SSSR count). The molecular formula is C23H22N2O5. The van der Waals surface area contributed by atoms with Gasteiger partial charge in [0.05, 0.1) is 17.5 Å². The van der Waals surface area contributed by atoms with Crippen molar-refractivity contribution in [3.63, 3.8) is 0 Å². The van der Waals surface area contributed by atoms with Crippen molar-refractivity contribution in [2.24, 2.45) is 0 Å². The van der Waals surface area contributed by atoms with Gasteiger partial charge in [0.15, 0.2) is 0 Å². The lowest BCUT2D eigenvalue weighted by atomic mass is 10.0. The minimum Gasteiger partial charge on any atom is -0.481 e. The number of hydrogen-bond donors (Lipinski definition) is 2. The van der Waals surface area contributed by atoms with E-state index >= 15 is 0 Å². The van der Waals surface area contributed by atoms with Gasteiger partial charge in [0.25, 0.3) is 11.8 Å². The molecule has 3 amide bonds. The van der Waals surface area contributed by atoms with Gasteiger partial charge in [-0.15, -0.1) is 6.58 Å². The molecule has 1 heterocycles. The van der Waals surface area contributed by atoms with Crippen LogP contribution in [0.25, 0.3) is 0 Å². The van der Waals surface area contributed by atoms with Gasteiger partial charge in [0.2, 0.25) is 5.91 Å². The molecule has 154 valence electrons. The summed E-state index contributed by atoms with van der Waals surface area (Å²) >= 11 is 0. The molecule has 0 saturated heterocycles. The Kier molecular flexibility index (Phi) is 6.41. The van der Waals surface area contributed by atoms with Crippen molar-refractivity contribution in [3.05, 3.63) is 83.9 Å². The Morgan fingerprint density at radius 1 is 1.00 bits per heavy atom. The second kappa shape index (κ2) is 9.17. The zero-order valence-corrected chi connectivity index (χ0v) is 16.3. The van der Waals surface area contributed by atoms with Crippen LogP contribution in [0.5, 0.6) is 0 Å². The number of nitrogens with zero attached hydrogens (tertiary/aromatic N) is 1. The van der Waals surface area contributed by atoms with Crippen LogP contribution in [0.1, 0.15) is 39.1 Å². The summed E-state index contributed by atoms with van der Waals surface area (Å²) < 4.78 is 0. The molecular weight excluding hydrogens is 384 g/mol. The van der Waals surface area contributed by atoms with E-state index in [1.807, 2.05) is 6.07 Å². The summed E-state index contributed by atoms with van der Waals surface area (Å²) in [7, 11) is 0. The molecule has 2 N–H and O–H groups in total. The van der Waals surface area contributed by atoms with Crippen LogP contribution in [0.3, 0.4) is 0 Å². The zero-order valence-electron chi connectivity index (χ0n) is 16.3. The third-order valence-electron chi connectivity index (χ3n) is 4.93. The molecule has 0 bridgehead atoms. The molecule has 0 fully saturated rings. The maximum Gasteiger partial charge on any atom is 0.305 e.